The predicted molar refractivity (Wildman–Crippen MR) is 153 cm³/mol. The van der Waals surface area contributed by atoms with E-state index in [0.717, 1.165) is 28.3 Å². The first-order valence-corrected chi connectivity index (χ1v) is 14.5. The number of aliphatic imine (C=N–C) groups is 1. The van der Waals surface area contributed by atoms with Crippen molar-refractivity contribution in [2.45, 2.75) is 45.4 Å². The summed E-state index contributed by atoms with van der Waals surface area (Å²) in [5, 5.41) is 0.660. The average Bonchev–Trinajstić information content (AvgIpc) is 2.91. The summed E-state index contributed by atoms with van der Waals surface area (Å²) in [7, 11) is 1.58. The van der Waals surface area contributed by atoms with Crippen molar-refractivity contribution in [3.8, 4) is 11.5 Å². The molecule has 1 saturated carbocycles. The molecule has 6 nitrogen and oxygen atoms in total. The summed E-state index contributed by atoms with van der Waals surface area (Å²) in [5.41, 5.74) is 3.69. The first-order chi connectivity index (χ1) is 18.4. The van der Waals surface area contributed by atoms with Crippen LogP contribution in [-0.2, 0) is 14.3 Å². The molecule has 1 aliphatic heterocycles. The largest absolute Gasteiger partial charge is 0.493 e. The molecule has 1 fully saturated rings. The van der Waals surface area contributed by atoms with Gasteiger partial charge in [-0.25, -0.2) is 4.79 Å². The summed E-state index contributed by atoms with van der Waals surface area (Å²) in [6, 6.07) is 13.3. The van der Waals surface area contributed by atoms with Gasteiger partial charge in [0.25, 0.3) is 0 Å². The molecule has 38 heavy (non-hydrogen) atoms. The number of ether oxygens (including phenoxy) is 3. The molecule has 1 heterocycles. The Labute approximate surface area is 233 Å². The number of carbonyl (C=O) groups excluding carboxylic acids is 2. The smallest absolute Gasteiger partial charge is 0.336 e. The Morgan fingerprint density at radius 2 is 1.79 bits per heavy atom. The zero-order valence-electron chi connectivity index (χ0n) is 22.3. The number of thioether (sulfide) groups is 1. The van der Waals surface area contributed by atoms with E-state index in [1.807, 2.05) is 56.3 Å². The third-order valence-electron chi connectivity index (χ3n) is 7.03. The van der Waals surface area contributed by atoms with Gasteiger partial charge in [-0.2, -0.15) is 11.8 Å². The highest BCUT2D eigenvalue weighted by atomic mass is 35.5. The van der Waals surface area contributed by atoms with Crippen LogP contribution in [0.5, 0.6) is 11.5 Å². The van der Waals surface area contributed by atoms with Crippen molar-refractivity contribution in [3.05, 3.63) is 69.9 Å². The molecule has 0 spiro atoms. The van der Waals surface area contributed by atoms with Crippen LogP contribution in [0.15, 0.2) is 58.7 Å². The fourth-order valence-corrected chi connectivity index (χ4v) is 5.96. The summed E-state index contributed by atoms with van der Waals surface area (Å²) in [6.45, 7) is 6.61. The van der Waals surface area contributed by atoms with E-state index in [1.54, 1.807) is 18.9 Å². The highest BCUT2D eigenvalue weighted by molar-refractivity contribution is 7.99. The Balaban J connectivity index is 1.75. The van der Waals surface area contributed by atoms with Crippen molar-refractivity contribution in [2.75, 3.05) is 31.8 Å². The van der Waals surface area contributed by atoms with E-state index in [4.69, 9.17) is 30.8 Å². The maximum Gasteiger partial charge on any atom is 0.336 e. The van der Waals surface area contributed by atoms with Crippen LogP contribution < -0.4 is 9.47 Å². The van der Waals surface area contributed by atoms with Crippen LogP contribution in [0.3, 0.4) is 0 Å². The molecule has 0 bridgehead atoms. The molecule has 4 rings (SSSR count). The third kappa shape index (κ3) is 6.10. The van der Waals surface area contributed by atoms with Crippen LogP contribution in [0.2, 0.25) is 5.02 Å². The number of rotatable bonds is 10. The predicted octanol–water partition coefficient (Wildman–Crippen LogP) is 6.62. The van der Waals surface area contributed by atoms with Gasteiger partial charge in [0.15, 0.2) is 11.5 Å². The molecule has 0 aromatic heterocycles. The molecule has 0 saturated heterocycles. The van der Waals surface area contributed by atoms with Crippen LogP contribution in [0.4, 0.5) is 0 Å². The third-order valence-corrected chi connectivity index (χ3v) is 8.14. The second-order valence-corrected chi connectivity index (χ2v) is 11.2. The van der Waals surface area contributed by atoms with E-state index in [0.29, 0.717) is 53.8 Å². The summed E-state index contributed by atoms with van der Waals surface area (Å²) in [4.78, 5) is 32.1. The number of Topliss-reactive ketones (excluding diaryl/α,β-unsaturated/α-hetero) is 1. The van der Waals surface area contributed by atoms with Gasteiger partial charge in [-0.15, -0.1) is 0 Å². The van der Waals surface area contributed by atoms with Gasteiger partial charge in [0.05, 0.1) is 25.2 Å². The number of hydrogen-bond acceptors (Lipinski definition) is 7. The lowest BCUT2D eigenvalue weighted by Gasteiger charge is -2.38. The lowest BCUT2D eigenvalue weighted by Crippen LogP contribution is -2.41. The molecule has 2 aromatic rings. The quantitative estimate of drug-likeness (QED) is 0.242. The Hall–Kier alpha value is -2.77. The highest BCUT2D eigenvalue weighted by Gasteiger charge is 2.46. The van der Waals surface area contributed by atoms with Crippen molar-refractivity contribution in [2.24, 2.45) is 10.9 Å². The van der Waals surface area contributed by atoms with E-state index >= 15 is 0 Å². The van der Waals surface area contributed by atoms with Gasteiger partial charge in [0.1, 0.15) is 12.4 Å². The number of methoxy groups -OCH3 is 1. The average molecular weight is 556 g/mol. The molecular weight excluding hydrogens is 522 g/mol. The Morgan fingerprint density at radius 3 is 2.47 bits per heavy atom. The summed E-state index contributed by atoms with van der Waals surface area (Å²) in [5.74, 6) is 1.43. The number of allylic oxidation sites excluding steroid dienone is 1. The Morgan fingerprint density at radius 1 is 1.05 bits per heavy atom. The van der Waals surface area contributed by atoms with Crippen molar-refractivity contribution >= 4 is 40.8 Å². The molecule has 202 valence electrons. The van der Waals surface area contributed by atoms with Crippen LogP contribution in [0.1, 0.15) is 56.6 Å². The lowest BCUT2D eigenvalue weighted by atomic mass is 9.66. The molecule has 0 radical (unpaired) electrons. The number of nitrogens with zero attached hydrogens (tertiary/aromatic N) is 1. The van der Waals surface area contributed by atoms with Crippen LogP contribution in [0, 0.1) is 5.92 Å². The second kappa shape index (κ2) is 12.9. The number of benzene rings is 2. The fourth-order valence-electron chi connectivity index (χ4n) is 5.34. The second-order valence-electron chi connectivity index (χ2n) is 9.36. The number of carbonyl (C=O) groups is 2. The van der Waals surface area contributed by atoms with E-state index in [9.17, 15) is 9.59 Å². The number of hydrogen-bond donors (Lipinski definition) is 0. The molecule has 1 unspecified atom stereocenters. The zero-order valence-corrected chi connectivity index (χ0v) is 23.9. The van der Waals surface area contributed by atoms with E-state index in [-0.39, 0.29) is 11.7 Å². The van der Waals surface area contributed by atoms with Gasteiger partial charge in [-0.3, -0.25) is 9.79 Å². The van der Waals surface area contributed by atoms with Gasteiger partial charge in [0.2, 0.25) is 0 Å². The van der Waals surface area contributed by atoms with Crippen LogP contribution in [-0.4, -0.2) is 49.3 Å². The first-order valence-electron chi connectivity index (χ1n) is 13.0. The summed E-state index contributed by atoms with van der Waals surface area (Å²) < 4.78 is 17.0. The SMILES string of the molecule is CCOc1ccc([C@H]2C(C(=O)OCCSCC)=C(C)N=C3C[C@@H](c4ccc(Cl)cc4)CC(=O)C32)cc1OC. The number of fused-ring (bicyclic) bond motifs is 1. The van der Waals surface area contributed by atoms with Gasteiger partial charge < -0.3 is 14.2 Å². The lowest BCUT2D eigenvalue weighted by molar-refractivity contribution is -0.139. The van der Waals surface area contributed by atoms with Gasteiger partial charge >= 0.3 is 5.97 Å². The minimum absolute atomic E-state index is 0.0117. The van der Waals surface area contributed by atoms with Crippen LogP contribution >= 0.6 is 23.4 Å². The monoisotopic (exact) mass is 555 g/mol. The number of halogens is 1. The molecule has 2 aliphatic rings. The van der Waals surface area contributed by atoms with E-state index in [2.05, 4.69) is 6.92 Å². The van der Waals surface area contributed by atoms with E-state index in [1.165, 1.54) is 0 Å². The minimum Gasteiger partial charge on any atom is -0.493 e. The van der Waals surface area contributed by atoms with Crippen molar-refractivity contribution in [3.63, 3.8) is 0 Å². The molecule has 1 aliphatic carbocycles. The molecule has 0 N–H and O–H groups in total. The number of esters is 1. The standard InChI is InChI=1S/C30H34ClNO5S/c1-5-36-25-12-9-20(17-26(25)35-4)28-27(30(34)37-13-14-38-6-2)18(3)32-23-15-21(16-24(33)29(23)28)19-7-10-22(31)11-8-19/h7-12,17,21,28-29H,5-6,13-16H2,1-4H3/t21-,28+,29?/m1/s1. The molecule has 2 aromatic carbocycles. The first kappa shape index (κ1) is 28.2. The Kier molecular flexibility index (Phi) is 9.55. The van der Waals surface area contributed by atoms with Crippen LogP contribution in [0.25, 0.3) is 0 Å². The zero-order chi connectivity index (χ0) is 27.2. The molecule has 3 atom stereocenters. The maximum atomic E-state index is 13.8. The number of ketones is 1. The van der Waals surface area contributed by atoms with Crippen molar-refractivity contribution < 1.29 is 23.8 Å². The molecule has 0 amide bonds. The fraction of sp³-hybridized carbons (Fsp3) is 0.433. The molecule has 8 heteroatoms. The summed E-state index contributed by atoms with van der Waals surface area (Å²) in [6.07, 6.45) is 1.00. The van der Waals surface area contributed by atoms with Gasteiger partial charge in [0, 0.05) is 34.5 Å². The maximum absolute atomic E-state index is 13.8. The van der Waals surface area contributed by atoms with Gasteiger partial charge in [-0.05, 0) is 67.3 Å². The van der Waals surface area contributed by atoms with Crippen molar-refractivity contribution in [1.29, 1.82) is 0 Å². The van der Waals surface area contributed by atoms with E-state index < -0.39 is 17.8 Å². The Bertz CT molecular complexity index is 1240. The molecular formula is C30H34ClNO5S. The van der Waals surface area contributed by atoms with Crippen molar-refractivity contribution in [1.82, 2.24) is 0 Å². The minimum atomic E-state index is -0.544. The highest BCUT2D eigenvalue weighted by Crippen LogP contribution is 2.47. The van der Waals surface area contributed by atoms with Gasteiger partial charge in [-0.1, -0.05) is 36.7 Å². The normalized spacial score (nSPS) is 21.0. The topological polar surface area (TPSA) is 74.2 Å². The summed E-state index contributed by atoms with van der Waals surface area (Å²) >= 11 is 7.80.